The molecule has 0 aliphatic heterocycles. The standard InChI is InChI=1S/C22H19ClN6/c23-16-8-6-14(7-9-16)20(18-10-12-27-22(25)29-18)21(15-3-2-11-26-13-15)17-4-1-5-19(24)28-17/h1-13,20-21H,(H2,24,28)(H2,25,27,29). The van der Waals surface area contributed by atoms with Gasteiger partial charge in [0.1, 0.15) is 5.82 Å². The molecular weight excluding hydrogens is 384 g/mol. The van der Waals surface area contributed by atoms with Crippen LogP contribution in [0.5, 0.6) is 0 Å². The number of nitrogens with two attached hydrogens (primary N) is 2. The van der Waals surface area contributed by atoms with Crippen LogP contribution in [-0.4, -0.2) is 19.9 Å². The lowest BCUT2D eigenvalue weighted by molar-refractivity contribution is 0.655. The van der Waals surface area contributed by atoms with E-state index in [4.69, 9.17) is 23.1 Å². The third-order valence-electron chi connectivity index (χ3n) is 4.73. The van der Waals surface area contributed by atoms with Gasteiger partial charge in [-0.25, -0.2) is 15.0 Å². The molecule has 3 aromatic heterocycles. The normalized spacial score (nSPS) is 13.0. The van der Waals surface area contributed by atoms with Crippen LogP contribution < -0.4 is 11.5 Å². The smallest absolute Gasteiger partial charge is 0.220 e. The second-order valence-corrected chi connectivity index (χ2v) is 7.06. The first-order valence-corrected chi connectivity index (χ1v) is 9.46. The molecule has 0 saturated heterocycles. The molecule has 0 aliphatic rings. The Balaban J connectivity index is 1.96. The third-order valence-corrected chi connectivity index (χ3v) is 4.98. The summed E-state index contributed by atoms with van der Waals surface area (Å²) < 4.78 is 0. The summed E-state index contributed by atoms with van der Waals surface area (Å²) in [7, 11) is 0. The Morgan fingerprint density at radius 3 is 2.17 bits per heavy atom. The van der Waals surface area contributed by atoms with E-state index >= 15 is 0 Å². The Bertz CT molecular complexity index is 1100. The van der Waals surface area contributed by atoms with Gasteiger partial charge >= 0.3 is 0 Å². The number of benzene rings is 1. The molecular formula is C22H19ClN6. The summed E-state index contributed by atoms with van der Waals surface area (Å²) in [6, 6.07) is 19.1. The van der Waals surface area contributed by atoms with Gasteiger partial charge in [-0.15, -0.1) is 0 Å². The summed E-state index contributed by atoms with van der Waals surface area (Å²) >= 11 is 6.14. The second-order valence-electron chi connectivity index (χ2n) is 6.62. The molecule has 0 saturated carbocycles. The lowest BCUT2D eigenvalue weighted by Crippen LogP contribution is -2.18. The highest BCUT2D eigenvalue weighted by Gasteiger charge is 2.31. The molecule has 4 N–H and O–H groups in total. The summed E-state index contributed by atoms with van der Waals surface area (Å²) in [6.45, 7) is 0. The quantitative estimate of drug-likeness (QED) is 0.522. The Labute approximate surface area is 173 Å². The van der Waals surface area contributed by atoms with E-state index in [1.807, 2.05) is 60.8 Å². The van der Waals surface area contributed by atoms with E-state index in [0.29, 0.717) is 10.8 Å². The fourth-order valence-electron chi connectivity index (χ4n) is 3.50. The molecule has 0 fully saturated rings. The van der Waals surface area contributed by atoms with Crippen molar-refractivity contribution in [3.8, 4) is 0 Å². The summed E-state index contributed by atoms with van der Waals surface area (Å²) in [5.41, 5.74) is 15.5. The van der Waals surface area contributed by atoms with Crippen LogP contribution in [0.15, 0.2) is 79.3 Å². The van der Waals surface area contributed by atoms with Crippen LogP contribution in [0.4, 0.5) is 11.8 Å². The molecule has 0 aliphatic carbocycles. The van der Waals surface area contributed by atoms with E-state index in [1.54, 1.807) is 18.5 Å². The van der Waals surface area contributed by atoms with Crippen molar-refractivity contribution in [3.63, 3.8) is 0 Å². The Kier molecular flexibility index (Phi) is 5.35. The van der Waals surface area contributed by atoms with Gasteiger partial charge in [-0.05, 0) is 47.5 Å². The van der Waals surface area contributed by atoms with E-state index in [1.165, 1.54) is 0 Å². The van der Waals surface area contributed by atoms with Crippen LogP contribution in [0.25, 0.3) is 0 Å². The maximum Gasteiger partial charge on any atom is 0.220 e. The average molecular weight is 403 g/mol. The number of hydrogen-bond donors (Lipinski definition) is 2. The molecule has 2 atom stereocenters. The maximum atomic E-state index is 6.14. The van der Waals surface area contributed by atoms with Gasteiger partial charge in [-0.1, -0.05) is 35.9 Å². The highest BCUT2D eigenvalue weighted by molar-refractivity contribution is 6.30. The summed E-state index contributed by atoms with van der Waals surface area (Å²) in [5.74, 6) is 0.277. The van der Waals surface area contributed by atoms with Gasteiger partial charge < -0.3 is 11.5 Å². The predicted molar refractivity (Wildman–Crippen MR) is 114 cm³/mol. The highest BCUT2D eigenvalue weighted by atomic mass is 35.5. The third kappa shape index (κ3) is 4.17. The number of aromatic nitrogens is 4. The maximum absolute atomic E-state index is 6.14. The molecule has 2 unspecified atom stereocenters. The zero-order valence-electron chi connectivity index (χ0n) is 15.5. The first-order valence-electron chi connectivity index (χ1n) is 9.08. The molecule has 144 valence electrons. The first kappa shape index (κ1) is 18.8. The zero-order valence-corrected chi connectivity index (χ0v) is 16.2. The molecule has 3 heterocycles. The van der Waals surface area contributed by atoms with Crippen LogP contribution in [0.1, 0.15) is 34.4 Å². The van der Waals surface area contributed by atoms with Gasteiger partial charge in [0.15, 0.2) is 0 Å². The lowest BCUT2D eigenvalue weighted by atomic mass is 9.77. The number of hydrogen-bond acceptors (Lipinski definition) is 6. The minimum Gasteiger partial charge on any atom is -0.384 e. The fourth-order valence-corrected chi connectivity index (χ4v) is 3.63. The van der Waals surface area contributed by atoms with Crippen molar-refractivity contribution < 1.29 is 0 Å². The molecule has 0 bridgehead atoms. The van der Waals surface area contributed by atoms with E-state index < -0.39 is 0 Å². The first-order chi connectivity index (χ1) is 14.1. The molecule has 4 rings (SSSR count). The molecule has 6 nitrogen and oxygen atoms in total. The minimum absolute atomic E-state index is 0.192. The number of pyridine rings is 2. The number of halogens is 1. The van der Waals surface area contributed by atoms with Crippen molar-refractivity contribution in [2.45, 2.75) is 11.8 Å². The molecule has 29 heavy (non-hydrogen) atoms. The average Bonchev–Trinajstić information content (AvgIpc) is 2.73. The fraction of sp³-hybridized carbons (Fsp3) is 0.0909. The predicted octanol–water partition coefficient (Wildman–Crippen LogP) is 4.05. The molecule has 0 radical (unpaired) electrons. The summed E-state index contributed by atoms with van der Waals surface area (Å²) in [5, 5.41) is 0.662. The Hall–Kier alpha value is -3.51. The van der Waals surface area contributed by atoms with Crippen molar-refractivity contribution in [2.75, 3.05) is 11.5 Å². The van der Waals surface area contributed by atoms with Crippen LogP contribution in [0.3, 0.4) is 0 Å². The molecule has 0 amide bonds. The molecule has 4 aromatic rings. The number of anilines is 2. The van der Waals surface area contributed by atoms with Crippen molar-refractivity contribution >= 4 is 23.4 Å². The SMILES string of the molecule is Nc1cccc(C(c2cccnc2)C(c2ccc(Cl)cc2)c2ccnc(N)n2)n1. The van der Waals surface area contributed by atoms with Crippen LogP contribution in [0.2, 0.25) is 5.02 Å². The van der Waals surface area contributed by atoms with Crippen molar-refractivity contribution in [1.82, 2.24) is 19.9 Å². The monoisotopic (exact) mass is 402 g/mol. The van der Waals surface area contributed by atoms with Crippen LogP contribution in [0, 0.1) is 0 Å². The number of rotatable bonds is 5. The van der Waals surface area contributed by atoms with Gasteiger partial charge in [-0.3, -0.25) is 4.98 Å². The Morgan fingerprint density at radius 1 is 0.724 bits per heavy atom. The van der Waals surface area contributed by atoms with Gasteiger partial charge in [0.2, 0.25) is 5.95 Å². The molecule has 1 aromatic carbocycles. The molecule has 0 spiro atoms. The number of nitrogen functional groups attached to an aromatic ring is 2. The van der Waals surface area contributed by atoms with E-state index in [0.717, 1.165) is 22.5 Å². The largest absolute Gasteiger partial charge is 0.384 e. The zero-order chi connectivity index (χ0) is 20.2. The highest BCUT2D eigenvalue weighted by Crippen LogP contribution is 2.41. The lowest BCUT2D eigenvalue weighted by Gasteiger charge is -2.27. The Morgan fingerprint density at radius 2 is 1.48 bits per heavy atom. The van der Waals surface area contributed by atoms with Gasteiger partial charge in [0, 0.05) is 35.4 Å². The van der Waals surface area contributed by atoms with Crippen molar-refractivity contribution in [2.24, 2.45) is 0 Å². The van der Waals surface area contributed by atoms with Gasteiger partial charge in [-0.2, -0.15) is 0 Å². The van der Waals surface area contributed by atoms with Crippen LogP contribution in [-0.2, 0) is 0 Å². The van der Waals surface area contributed by atoms with Crippen molar-refractivity contribution in [3.05, 3.63) is 107 Å². The summed E-state index contributed by atoms with van der Waals surface area (Å²) in [4.78, 5) is 17.5. The van der Waals surface area contributed by atoms with E-state index in [2.05, 4.69) is 19.9 Å². The second kappa shape index (κ2) is 8.24. The van der Waals surface area contributed by atoms with Gasteiger partial charge in [0.25, 0.3) is 0 Å². The van der Waals surface area contributed by atoms with Gasteiger partial charge in [0.05, 0.1) is 11.4 Å². The van der Waals surface area contributed by atoms with E-state index in [9.17, 15) is 0 Å². The number of nitrogens with zero attached hydrogens (tertiary/aromatic N) is 4. The molecule has 7 heteroatoms. The van der Waals surface area contributed by atoms with Crippen molar-refractivity contribution in [1.29, 1.82) is 0 Å². The minimum atomic E-state index is -0.198. The van der Waals surface area contributed by atoms with E-state index in [-0.39, 0.29) is 17.8 Å². The summed E-state index contributed by atoms with van der Waals surface area (Å²) in [6.07, 6.45) is 5.24. The van der Waals surface area contributed by atoms with Crippen LogP contribution >= 0.6 is 11.6 Å². The topological polar surface area (TPSA) is 104 Å².